The van der Waals surface area contributed by atoms with E-state index in [1.807, 2.05) is 29.2 Å². The maximum Gasteiger partial charge on any atom is 0.328 e. The first kappa shape index (κ1) is 17.2. The van der Waals surface area contributed by atoms with Crippen molar-refractivity contribution in [2.75, 3.05) is 0 Å². The van der Waals surface area contributed by atoms with E-state index < -0.39 is 0 Å². The predicted octanol–water partition coefficient (Wildman–Crippen LogP) is 2.97. The molecule has 0 amide bonds. The zero-order chi connectivity index (χ0) is 20.0. The van der Waals surface area contributed by atoms with Crippen molar-refractivity contribution in [1.29, 1.82) is 0 Å². The standard InChI is InChI=1S/C22H20N6O/c1-25-19-8-3-16(13-20(19)26(2)22(25)29)14-27-12-10-24-21(27)17-4-6-18(7-5-17)28-11-9-23-15-28/h3-13,15H,14H2,1-2H3. The van der Waals surface area contributed by atoms with E-state index in [0.29, 0.717) is 6.54 Å². The first-order valence-electron chi connectivity index (χ1n) is 9.36. The molecule has 0 atom stereocenters. The molecular formula is C22H20N6O. The van der Waals surface area contributed by atoms with Crippen molar-refractivity contribution < 1.29 is 0 Å². The van der Waals surface area contributed by atoms with Gasteiger partial charge in [0.15, 0.2) is 0 Å². The molecule has 0 saturated heterocycles. The molecule has 0 aliphatic rings. The fourth-order valence-electron chi connectivity index (χ4n) is 3.74. The lowest BCUT2D eigenvalue weighted by atomic mass is 10.1. The van der Waals surface area contributed by atoms with Gasteiger partial charge in [-0.3, -0.25) is 9.13 Å². The van der Waals surface area contributed by atoms with Gasteiger partial charge in [-0.15, -0.1) is 0 Å². The Morgan fingerprint density at radius 1 is 0.897 bits per heavy atom. The minimum atomic E-state index is -0.0153. The molecule has 0 fully saturated rings. The van der Waals surface area contributed by atoms with Crippen LogP contribution in [0.1, 0.15) is 5.56 Å². The highest BCUT2D eigenvalue weighted by molar-refractivity contribution is 5.76. The van der Waals surface area contributed by atoms with Crippen molar-refractivity contribution >= 4 is 11.0 Å². The van der Waals surface area contributed by atoms with Crippen LogP contribution < -0.4 is 5.69 Å². The second kappa shape index (κ2) is 6.63. The highest BCUT2D eigenvalue weighted by Crippen LogP contribution is 2.22. The number of rotatable bonds is 4. The van der Waals surface area contributed by atoms with Crippen molar-refractivity contribution in [1.82, 2.24) is 28.2 Å². The van der Waals surface area contributed by atoms with Crippen molar-refractivity contribution in [2.45, 2.75) is 6.54 Å². The number of hydrogen-bond acceptors (Lipinski definition) is 3. The highest BCUT2D eigenvalue weighted by atomic mass is 16.1. The third-order valence-corrected chi connectivity index (χ3v) is 5.33. The normalized spacial score (nSPS) is 11.4. The maximum atomic E-state index is 12.2. The van der Waals surface area contributed by atoms with Gasteiger partial charge in [-0.25, -0.2) is 14.8 Å². The summed E-state index contributed by atoms with van der Waals surface area (Å²) >= 11 is 0. The van der Waals surface area contributed by atoms with E-state index in [0.717, 1.165) is 33.7 Å². The summed E-state index contributed by atoms with van der Waals surface area (Å²) in [6.07, 6.45) is 9.26. The number of aromatic nitrogens is 6. The van der Waals surface area contributed by atoms with Gasteiger partial charge in [-0.1, -0.05) is 6.07 Å². The molecule has 7 nitrogen and oxygen atoms in total. The molecule has 0 N–H and O–H groups in total. The van der Waals surface area contributed by atoms with Crippen molar-refractivity contribution in [3.63, 3.8) is 0 Å². The Balaban J connectivity index is 1.47. The Labute approximate surface area is 167 Å². The quantitative estimate of drug-likeness (QED) is 0.479. The van der Waals surface area contributed by atoms with E-state index in [2.05, 4.69) is 50.9 Å². The monoisotopic (exact) mass is 384 g/mol. The Morgan fingerprint density at radius 2 is 1.69 bits per heavy atom. The van der Waals surface area contributed by atoms with Crippen LogP contribution in [-0.4, -0.2) is 28.2 Å². The lowest BCUT2D eigenvalue weighted by molar-refractivity contribution is 0.793. The number of aryl methyl sites for hydroxylation is 2. The van der Waals surface area contributed by atoms with Gasteiger partial charge in [0.25, 0.3) is 0 Å². The van der Waals surface area contributed by atoms with Gasteiger partial charge in [-0.05, 0) is 42.0 Å². The summed E-state index contributed by atoms with van der Waals surface area (Å²) in [5, 5.41) is 0. The zero-order valence-corrected chi connectivity index (χ0v) is 16.2. The Hall–Kier alpha value is -3.87. The SMILES string of the molecule is Cn1c(=O)n(C)c2cc(Cn3ccnc3-c3ccc(-n4ccnc4)cc3)ccc21. The van der Waals surface area contributed by atoms with E-state index in [9.17, 15) is 4.79 Å². The second-order valence-electron chi connectivity index (χ2n) is 7.12. The molecule has 0 saturated carbocycles. The van der Waals surface area contributed by atoms with Crippen LogP contribution in [0, 0.1) is 0 Å². The average Bonchev–Trinajstić information content (AvgIpc) is 3.48. The molecule has 0 aliphatic heterocycles. The summed E-state index contributed by atoms with van der Waals surface area (Å²) in [7, 11) is 3.60. The summed E-state index contributed by atoms with van der Waals surface area (Å²) < 4.78 is 7.44. The molecule has 5 aromatic rings. The minimum absolute atomic E-state index is 0.0153. The van der Waals surface area contributed by atoms with Crippen LogP contribution in [0.15, 0.2) is 78.4 Å². The Morgan fingerprint density at radius 3 is 2.45 bits per heavy atom. The fraction of sp³-hybridized carbons (Fsp3) is 0.136. The predicted molar refractivity (Wildman–Crippen MR) is 112 cm³/mol. The highest BCUT2D eigenvalue weighted by Gasteiger charge is 2.11. The summed E-state index contributed by atoms with van der Waals surface area (Å²) in [5.41, 5.74) is 5.07. The lowest BCUT2D eigenvalue weighted by Gasteiger charge is -2.10. The van der Waals surface area contributed by atoms with E-state index in [4.69, 9.17) is 0 Å². The number of hydrogen-bond donors (Lipinski definition) is 0. The van der Waals surface area contributed by atoms with Gasteiger partial charge in [-0.2, -0.15) is 0 Å². The van der Waals surface area contributed by atoms with Gasteiger partial charge in [0.05, 0.1) is 17.4 Å². The second-order valence-corrected chi connectivity index (χ2v) is 7.12. The average molecular weight is 384 g/mol. The topological polar surface area (TPSA) is 62.6 Å². The third kappa shape index (κ3) is 2.87. The van der Waals surface area contributed by atoms with E-state index in [1.54, 1.807) is 35.8 Å². The molecule has 7 heteroatoms. The van der Waals surface area contributed by atoms with Gasteiger partial charge in [0.2, 0.25) is 0 Å². The molecule has 2 aromatic carbocycles. The van der Waals surface area contributed by atoms with E-state index in [-0.39, 0.29) is 5.69 Å². The van der Waals surface area contributed by atoms with Crippen molar-refractivity contribution in [2.24, 2.45) is 14.1 Å². The Bertz CT molecular complexity index is 1350. The van der Waals surface area contributed by atoms with Crippen LogP contribution in [-0.2, 0) is 20.6 Å². The summed E-state index contributed by atoms with van der Waals surface area (Å²) in [4.78, 5) is 20.8. The van der Waals surface area contributed by atoms with Gasteiger partial charge in [0, 0.05) is 56.7 Å². The van der Waals surface area contributed by atoms with Crippen LogP contribution >= 0.6 is 0 Å². The third-order valence-electron chi connectivity index (χ3n) is 5.33. The minimum Gasteiger partial charge on any atom is -0.327 e. The largest absolute Gasteiger partial charge is 0.328 e. The maximum absolute atomic E-state index is 12.2. The molecule has 3 heterocycles. The van der Waals surface area contributed by atoms with Crippen LogP contribution in [0.2, 0.25) is 0 Å². The molecule has 0 aliphatic carbocycles. The van der Waals surface area contributed by atoms with Crippen molar-refractivity contribution in [3.8, 4) is 17.1 Å². The molecule has 0 bridgehead atoms. The molecule has 0 radical (unpaired) electrons. The summed E-state index contributed by atoms with van der Waals surface area (Å²) in [6, 6.07) is 14.4. The van der Waals surface area contributed by atoms with Gasteiger partial charge in [0.1, 0.15) is 5.82 Å². The van der Waals surface area contributed by atoms with Crippen LogP contribution in [0.25, 0.3) is 28.1 Å². The summed E-state index contributed by atoms with van der Waals surface area (Å²) in [5.74, 6) is 0.907. The zero-order valence-electron chi connectivity index (χ0n) is 16.2. The van der Waals surface area contributed by atoms with Crippen LogP contribution in [0.3, 0.4) is 0 Å². The number of fused-ring (bicyclic) bond motifs is 1. The van der Waals surface area contributed by atoms with E-state index in [1.165, 1.54) is 0 Å². The smallest absolute Gasteiger partial charge is 0.327 e. The molecule has 0 unspecified atom stereocenters. The summed E-state index contributed by atoms with van der Waals surface area (Å²) in [6.45, 7) is 0.678. The Kier molecular flexibility index (Phi) is 3.94. The van der Waals surface area contributed by atoms with Gasteiger partial charge >= 0.3 is 5.69 Å². The number of nitrogens with zero attached hydrogens (tertiary/aromatic N) is 6. The fourth-order valence-corrected chi connectivity index (χ4v) is 3.74. The molecule has 144 valence electrons. The molecular weight excluding hydrogens is 364 g/mol. The van der Waals surface area contributed by atoms with Crippen molar-refractivity contribution in [3.05, 3.63) is 89.6 Å². The molecule has 3 aromatic heterocycles. The first-order chi connectivity index (χ1) is 14.1. The molecule has 0 spiro atoms. The van der Waals surface area contributed by atoms with Crippen LogP contribution in [0.4, 0.5) is 0 Å². The number of imidazole rings is 3. The van der Waals surface area contributed by atoms with Crippen LogP contribution in [0.5, 0.6) is 0 Å². The molecule has 29 heavy (non-hydrogen) atoms. The van der Waals surface area contributed by atoms with E-state index >= 15 is 0 Å². The lowest BCUT2D eigenvalue weighted by Crippen LogP contribution is -2.19. The van der Waals surface area contributed by atoms with Gasteiger partial charge < -0.3 is 9.13 Å². The first-order valence-corrected chi connectivity index (χ1v) is 9.36. The molecule has 5 rings (SSSR count). The number of benzene rings is 2.